The third-order valence-corrected chi connectivity index (χ3v) is 5.11. The number of benzene rings is 2. The van der Waals surface area contributed by atoms with Gasteiger partial charge in [0.25, 0.3) is 5.91 Å². The molecule has 2 heterocycles. The van der Waals surface area contributed by atoms with Crippen LogP contribution in [0.3, 0.4) is 0 Å². The number of fused-ring (bicyclic) bond motifs is 1. The summed E-state index contributed by atoms with van der Waals surface area (Å²) >= 11 is 0. The van der Waals surface area contributed by atoms with Gasteiger partial charge in [-0.25, -0.2) is 18.7 Å². The molecule has 0 saturated heterocycles. The summed E-state index contributed by atoms with van der Waals surface area (Å²) in [5.41, 5.74) is 0.452. The number of halogens is 2. The predicted octanol–water partition coefficient (Wildman–Crippen LogP) is 2.84. The second kappa shape index (κ2) is 9.14. The molecule has 34 heavy (non-hydrogen) atoms. The van der Waals surface area contributed by atoms with E-state index in [-0.39, 0.29) is 48.2 Å². The molecule has 10 heteroatoms. The number of anilines is 2. The zero-order valence-electron chi connectivity index (χ0n) is 18.6. The fourth-order valence-electron chi connectivity index (χ4n) is 3.45. The Labute approximate surface area is 194 Å². The molecule has 0 radical (unpaired) electrons. The van der Waals surface area contributed by atoms with E-state index in [1.165, 1.54) is 6.07 Å². The lowest BCUT2D eigenvalue weighted by Gasteiger charge is -2.17. The maximum Gasteiger partial charge on any atom is 0.257 e. The molecule has 4 rings (SSSR count). The van der Waals surface area contributed by atoms with E-state index >= 15 is 0 Å². The van der Waals surface area contributed by atoms with Gasteiger partial charge in [-0.05, 0) is 43.7 Å². The molecule has 3 aromatic rings. The Morgan fingerprint density at radius 2 is 1.76 bits per heavy atom. The number of aromatic nitrogens is 2. The van der Waals surface area contributed by atoms with Crippen LogP contribution in [-0.4, -0.2) is 39.0 Å². The number of carbonyl (C=O) groups excluding carboxylic acids is 2. The van der Waals surface area contributed by atoms with Crippen molar-refractivity contribution in [2.45, 2.75) is 32.4 Å². The third kappa shape index (κ3) is 5.18. The first-order valence-corrected chi connectivity index (χ1v) is 10.6. The molecule has 176 valence electrons. The highest BCUT2D eigenvalue weighted by Crippen LogP contribution is 2.30. The Balaban J connectivity index is 1.57. The lowest BCUT2D eigenvalue weighted by atomic mass is 10.1. The topological polar surface area (TPSA) is 116 Å². The standard InChI is InChI=1S/C24H23F2N5O3/c1-24(2,34)12-28-18(32)10-13-6-8-14(9-7-13)29-22-20-17(11-27-23(20)33)30-21(31-22)19-15(25)4-3-5-16(19)26/h3-9,34H,10-12H2,1-2H3,(H,27,33)(H,28,32)(H,29,30,31). The highest BCUT2D eigenvalue weighted by atomic mass is 19.1. The zero-order valence-corrected chi connectivity index (χ0v) is 18.6. The Kier molecular flexibility index (Phi) is 6.25. The van der Waals surface area contributed by atoms with Crippen LogP contribution in [0.25, 0.3) is 11.4 Å². The minimum absolute atomic E-state index is 0.118. The number of nitrogens with zero attached hydrogens (tertiary/aromatic N) is 2. The van der Waals surface area contributed by atoms with Gasteiger partial charge in [0.1, 0.15) is 23.0 Å². The summed E-state index contributed by atoms with van der Waals surface area (Å²) in [6.07, 6.45) is 0.123. The second-order valence-corrected chi connectivity index (χ2v) is 8.58. The van der Waals surface area contributed by atoms with Gasteiger partial charge in [0, 0.05) is 12.2 Å². The van der Waals surface area contributed by atoms with Crippen molar-refractivity contribution in [3.05, 3.63) is 70.9 Å². The van der Waals surface area contributed by atoms with Crippen molar-refractivity contribution in [3.63, 3.8) is 0 Å². The quantitative estimate of drug-likeness (QED) is 0.425. The van der Waals surface area contributed by atoms with Crippen LogP contribution >= 0.6 is 0 Å². The molecular weight excluding hydrogens is 444 g/mol. The zero-order chi connectivity index (χ0) is 24.5. The predicted molar refractivity (Wildman–Crippen MR) is 121 cm³/mol. The van der Waals surface area contributed by atoms with Crippen molar-refractivity contribution >= 4 is 23.3 Å². The molecule has 8 nitrogen and oxygen atoms in total. The van der Waals surface area contributed by atoms with Crippen LogP contribution in [0.15, 0.2) is 42.5 Å². The molecule has 1 aromatic heterocycles. The Hall–Kier alpha value is -3.92. The summed E-state index contributed by atoms with van der Waals surface area (Å²) in [5.74, 6) is -2.30. The number of aliphatic hydroxyl groups is 1. The van der Waals surface area contributed by atoms with Crippen molar-refractivity contribution in [3.8, 4) is 11.4 Å². The summed E-state index contributed by atoms with van der Waals surface area (Å²) < 4.78 is 28.6. The SMILES string of the molecule is CC(C)(O)CNC(=O)Cc1ccc(Nc2nc(-c3c(F)cccc3F)nc3c2C(=O)NC3)cc1. The number of hydrogen-bond donors (Lipinski definition) is 4. The average molecular weight is 467 g/mol. The molecule has 0 aliphatic carbocycles. The summed E-state index contributed by atoms with van der Waals surface area (Å²) in [5, 5.41) is 18.0. The first-order valence-electron chi connectivity index (χ1n) is 10.6. The molecule has 0 fully saturated rings. The number of amides is 2. The van der Waals surface area contributed by atoms with Crippen LogP contribution in [0.4, 0.5) is 20.3 Å². The molecule has 2 aromatic carbocycles. The van der Waals surface area contributed by atoms with Crippen LogP contribution in [0, 0.1) is 11.6 Å². The van der Waals surface area contributed by atoms with Crippen molar-refractivity contribution in [2.24, 2.45) is 0 Å². The van der Waals surface area contributed by atoms with Crippen molar-refractivity contribution in [1.82, 2.24) is 20.6 Å². The first-order chi connectivity index (χ1) is 16.1. The Bertz CT molecular complexity index is 1240. The van der Waals surface area contributed by atoms with Crippen LogP contribution in [0.5, 0.6) is 0 Å². The first kappa shape index (κ1) is 23.2. The molecule has 0 atom stereocenters. The molecular formula is C24H23F2N5O3. The Morgan fingerprint density at radius 1 is 1.09 bits per heavy atom. The number of nitrogens with one attached hydrogen (secondary N) is 3. The number of rotatable bonds is 7. The van der Waals surface area contributed by atoms with Gasteiger partial charge in [-0.15, -0.1) is 0 Å². The van der Waals surface area contributed by atoms with Crippen LogP contribution in [0.2, 0.25) is 0 Å². The lowest BCUT2D eigenvalue weighted by Crippen LogP contribution is -2.38. The van der Waals surface area contributed by atoms with E-state index in [4.69, 9.17) is 0 Å². The summed E-state index contributed by atoms with van der Waals surface area (Å²) in [6.45, 7) is 3.46. The van der Waals surface area contributed by atoms with Gasteiger partial charge >= 0.3 is 0 Å². The van der Waals surface area contributed by atoms with E-state index in [2.05, 4.69) is 25.9 Å². The molecule has 0 saturated carbocycles. The lowest BCUT2D eigenvalue weighted by molar-refractivity contribution is -0.121. The molecule has 0 bridgehead atoms. The average Bonchev–Trinajstić information content (AvgIpc) is 3.14. The normalized spacial score (nSPS) is 12.8. The van der Waals surface area contributed by atoms with Gasteiger partial charge in [-0.1, -0.05) is 18.2 Å². The van der Waals surface area contributed by atoms with Gasteiger partial charge in [-0.3, -0.25) is 9.59 Å². The van der Waals surface area contributed by atoms with E-state index < -0.39 is 23.1 Å². The van der Waals surface area contributed by atoms with Gasteiger partial charge in [0.05, 0.1) is 29.8 Å². The highest BCUT2D eigenvalue weighted by Gasteiger charge is 2.28. The van der Waals surface area contributed by atoms with E-state index in [9.17, 15) is 23.5 Å². The summed E-state index contributed by atoms with van der Waals surface area (Å²) in [7, 11) is 0. The monoisotopic (exact) mass is 467 g/mol. The summed E-state index contributed by atoms with van der Waals surface area (Å²) in [4.78, 5) is 32.8. The number of hydrogen-bond acceptors (Lipinski definition) is 6. The van der Waals surface area contributed by atoms with Crippen LogP contribution in [-0.2, 0) is 17.8 Å². The molecule has 2 amide bonds. The highest BCUT2D eigenvalue weighted by molar-refractivity contribution is 6.03. The molecule has 1 aliphatic rings. The minimum atomic E-state index is -1.00. The smallest absolute Gasteiger partial charge is 0.257 e. The van der Waals surface area contributed by atoms with Crippen molar-refractivity contribution < 1.29 is 23.5 Å². The maximum atomic E-state index is 14.3. The molecule has 4 N–H and O–H groups in total. The second-order valence-electron chi connectivity index (χ2n) is 8.58. The van der Waals surface area contributed by atoms with Gasteiger partial charge < -0.3 is 21.1 Å². The van der Waals surface area contributed by atoms with Crippen LogP contribution < -0.4 is 16.0 Å². The Morgan fingerprint density at radius 3 is 2.41 bits per heavy atom. The third-order valence-electron chi connectivity index (χ3n) is 5.11. The summed E-state index contributed by atoms with van der Waals surface area (Å²) in [6, 6.07) is 10.3. The van der Waals surface area contributed by atoms with Crippen LogP contribution in [0.1, 0.15) is 35.5 Å². The maximum absolute atomic E-state index is 14.3. The minimum Gasteiger partial charge on any atom is -0.389 e. The van der Waals surface area contributed by atoms with E-state index in [0.717, 1.165) is 17.7 Å². The van der Waals surface area contributed by atoms with E-state index in [0.29, 0.717) is 11.4 Å². The van der Waals surface area contributed by atoms with Gasteiger partial charge in [0.2, 0.25) is 5.91 Å². The molecule has 0 spiro atoms. The molecule has 0 unspecified atom stereocenters. The fourth-order valence-corrected chi connectivity index (χ4v) is 3.45. The van der Waals surface area contributed by atoms with Crippen molar-refractivity contribution in [2.75, 3.05) is 11.9 Å². The van der Waals surface area contributed by atoms with E-state index in [1.54, 1.807) is 38.1 Å². The number of carbonyl (C=O) groups is 2. The van der Waals surface area contributed by atoms with Gasteiger partial charge in [0.15, 0.2) is 5.82 Å². The van der Waals surface area contributed by atoms with Crippen molar-refractivity contribution in [1.29, 1.82) is 0 Å². The largest absolute Gasteiger partial charge is 0.389 e. The molecule has 1 aliphatic heterocycles. The van der Waals surface area contributed by atoms with Gasteiger partial charge in [-0.2, -0.15) is 0 Å². The fraction of sp³-hybridized carbons (Fsp3) is 0.250. The van der Waals surface area contributed by atoms with E-state index in [1.807, 2.05) is 0 Å².